The number of hydrogen-bond donors (Lipinski definition) is 2. The summed E-state index contributed by atoms with van der Waals surface area (Å²) in [5, 5.41) is 12.5. The van der Waals surface area contributed by atoms with Gasteiger partial charge >= 0.3 is 0 Å². The van der Waals surface area contributed by atoms with Gasteiger partial charge in [-0.3, -0.25) is 0 Å². The van der Waals surface area contributed by atoms with Gasteiger partial charge < -0.3 is 15.2 Å². The molecule has 0 aliphatic heterocycles. The molecule has 2 N–H and O–H groups in total. The Bertz CT molecular complexity index is 97.1. The molecule has 0 aromatic rings. The molecule has 2 atom stereocenters. The number of aliphatic hydroxyl groups is 1. The molecular formula is C10H23NO2. The van der Waals surface area contributed by atoms with E-state index >= 15 is 0 Å². The van der Waals surface area contributed by atoms with Crippen molar-refractivity contribution in [1.82, 2.24) is 5.32 Å². The number of hydrogen-bond acceptors (Lipinski definition) is 3. The van der Waals surface area contributed by atoms with Crippen LogP contribution >= 0.6 is 0 Å². The molecular weight excluding hydrogens is 166 g/mol. The van der Waals surface area contributed by atoms with Gasteiger partial charge in [-0.15, -0.1) is 0 Å². The van der Waals surface area contributed by atoms with Crippen molar-refractivity contribution in [3.05, 3.63) is 0 Å². The number of ether oxygens (including phenoxy) is 1. The van der Waals surface area contributed by atoms with Crippen molar-refractivity contribution < 1.29 is 9.84 Å². The van der Waals surface area contributed by atoms with E-state index in [0.29, 0.717) is 19.1 Å². The lowest BCUT2D eigenvalue weighted by Crippen LogP contribution is -2.32. The number of rotatable bonds is 8. The van der Waals surface area contributed by atoms with Crippen LogP contribution in [-0.2, 0) is 4.74 Å². The third-order valence-corrected chi connectivity index (χ3v) is 2.01. The van der Waals surface area contributed by atoms with Crippen LogP contribution in [-0.4, -0.2) is 38.0 Å². The fourth-order valence-electron chi connectivity index (χ4n) is 1.34. The lowest BCUT2D eigenvalue weighted by molar-refractivity contribution is 0.0641. The second-order valence-electron chi connectivity index (χ2n) is 3.66. The highest BCUT2D eigenvalue weighted by Crippen LogP contribution is 2.02. The maximum absolute atomic E-state index is 9.30. The molecule has 3 nitrogen and oxygen atoms in total. The van der Waals surface area contributed by atoms with Gasteiger partial charge in [-0.25, -0.2) is 0 Å². The van der Waals surface area contributed by atoms with Gasteiger partial charge in [0, 0.05) is 13.7 Å². The fourth-order valence-corrected chi connectivity index (χ4v) is 1.34. The summed E-state index contributed by atoms with van der Waals surface area (Å²) in [6, 6.07) is 0. The molecule has 0 saturated carbocycles. The molecule has 0 aromatic heterocycles. The Morgan fingerprint density at radius 1 is 1.38 bits per heavy atom. The lowest BCUT2D eigenvalue weighted by Gasteiger charge is -2.14. The van der Waals surface area contributed by atoms with Crippen LogP contribution in [0, 0.1) is 5.92 Å². The van der Waals surface area contributed by atoms with Gasteiger partial charge in [0.2, 0.25) is 0 Å². The minimum Gasteiger partial charge on any atom is -0.389 e. The van der Waals surface area contributed by atoms with E-state index in [-0.39, 0.29) is 6.10 Å². The van der Waals surface area contributed by atoms with Crippen molar-refractivity contribution in [1.29, 1.82) is 0 Å². The Morgan fingerprint density at radius 2 is 2.08 bits per heavy atom. The zero-order valence-corrected chi connectivity index (χ0v) is 9.05. The summed E-state index contributed by atoms with van der Waals surface area (Å²) in [4.78, 5) is 0. The molecule has 0 saturated heterocycles. The van der Waals surface area contributed by atoms with E-state index in [2.05, 4.69) is 19.2 Å². The fraction of sp³-hybridized carbons (Fsp3) is 1.00. The minimum atomic E-state index is -0.376. The van der Waals surface area contributed by atoms with Crippen LogP contribution in [0.3, 0.4) is 0 Å². The van der Waals surface area contributed by atoms with Gasteiger partial charge in [-0.2, -0.15) is 0 Å². The maximum atomic E-state index is 9.30. The molecule has 0 spiro atoms. The summed E-state index contributed by atoms with van der Waals surface area (Å²) in [6.45, 7) is 6.43. The molecule has 80 valence electrons. The van der Waals surface area contributed by atoms with Gasteiger partial charge in [-0.1, -0.05) is 20.3 Å². The van der Waals surface area contributed by atoms with Crippen molar-refractivity contribution in [2.45, 2.75) is 32.8 Å². The maximum Gasteiger partial charge on any atom is 0.0897 e. The summed E-state index contributed by atoms with van der Waals surface area (Å²) < 4.78 is 4.82. The SMILES string of the molecule is CCCC(C)CNCC(O)COC. The standard InChI is InChI=1S/C10H23NO2/c1-4-5-9(2)6-11-7-10(12)8-13-3/h9-12H,4-8H2,1-3H3. The Labute approximate surface area is 81.5 Å². The van der Waals surface area contributed by atoms with Crippen molar-refractivity contribution >= 4 is 0 Å². The van der Waals surface area contributed by atoms with Crippen LogP contribution < -0.4 is 5.32 Å². The van der Waals surface area contributed by atoms with Crippen molar-refractivity contribution in [2.75, 3.05) is 26.8 Å². The van der Waals surface area contributed by atoms with E-state index in [4.69, 9.17) is 4.74 Å². The molecule has 0 bridgehead atoms. The van der Waals surface area contributed by atoms with Crippen molar-refractivity contribution in [2.24, 2.45) is 5.92 Å². The van der Waals surface area contributed by atoms with E-state index in [1.807, 2.05) is 0 Å². The topological polar surface area (TPSA) is 41.5 Å². The number of aliphatic hydroxyl groups excluding tert-OH is 1. The van der Waals surface area contributed by atoms with Gasteiger partial charge in [0.05, 0.1) is 12.7 Å². The van der Waals surface area contributed by atoms with Crippen molar-refractivity contribution in [3.63, 3.8) is 0 Å². The first-order valence-electron chi connectivity index (χ1n) is 5.08. The Morgan fingerprint density at radius 3 is 2.62 bits per heavy atom. The van der Waals surface area contributed by atoms with Crippen LogP contribution in [0.4, 0.5) is 0 Å². The molecule has 0 aromatic carbocycles. The molecule has 2 unspecified atom stereocenters. The first-order chi connectivity index (χ1) is 6.20. The van der Waals surface area contributed by atoms with E-state index in [1.54, 1.807) is 7.11 Å². The van der Waals surface area contributed by atoms with E-state index < -0.39 is 0 Å². The highest BCUT2D eigenvalue weighted by molar-refractivity contribution is 4.61. The lowest BCUT2D eigenvalue weighted by atomic mass is 10.1. The smallest absolute Gasteiger partial charge is 0.0897 e. The van der Waals surface area contributed by atoms with Crippen LogP contribution in [0.25, 0.3) is 0 Å². The van der Waals surface area contributed by atoms with Crippen LogP contribution in [0.5, 0.6) is 0 Å². The summed E-state index contributed by atoms with van der Waals surface area (Å²) in [5.41, 5.74) is 0. The predicted molar refractivity (Wildman–Crippen MR) is 54.8 cm³/mol. The first kappa shape index (κ1) is 12.9. The van der Waals surface area contributed by atoms with Gasteiger partial charge in [0.1, 0.15) is 0 Å². The summed E-state index contributed by atoms with van der Waals surface area (Å²) in [7, 11) is 1.60. The third kappa shape index (κ3) is 8.22. The van der Waals surface area contributed by atoms with Gasteiger partial charge in [-0.05, 0) is 18.9 Å². The Kier molecular flexibility index (Phi) is 8.40. The minimum absolute atomic E-state index is 0.376. The normalized spacial score (nSPS) is 15.7. The number of methoxy groups -OCH3 is 1. The second kappa shape index (κ2) is 8.48. The van der Waals surface area contributed by atoms with Crippen LogP contribution in [0.15, 0.2) is 0 Å². The van der Waals surface area contributed by atoms with Gasteiger partial charge in [0.25, 0.3) is 0 Å². The molecule has 0 rings (SSSR count). The summed E-state index contributed by atoms with van der Waals surface area (Å²) in [5.74, 6) is 0.694. The zero-order chi connectivity index (χ0) is 10.1. The second-order valence-corrected chi connectivity index (χ2v) is 3.66. The molecule has 0 amide bonds. The Hall–Kier alpha value is -0.120. The first-order valence-corrected chi connectivity index (χ1v) is 5.08. The van der Waals surface area contributed by atoms with Crippen LogP contribution in [0.2, 0.25) is 0 Å². The molecule has 0 radical (unpaired) electrons. The molecule has 0 aliphatic carbocycles. The quantitative estimate of drug-likeness (QED) is 0.599. The summed E-state index contributed by atoms with van der Waals surface area (Å²) >= 11 is 0. The molecule has 0 fully saturated rings. The van der Waals surface area contributed by atoms with E-state index in [9.17, 15) is 5.11 Å². The van der Waals surface area contributed by atoms with E-state index in [0.717, 1.165) is 6.54 Å². The molecule has 3 heteroatoms. The zero-order valence-electron chi connectivity index (χ0n) is 9.05. The highest BCUT2D eigenvalue weighted by Gasteiger charge is 2.04. The Balaban J connectivity index is 3.23. The highest BCUT2D eigenvalue weighted by atomic mass is 16.5. The average Bonchev–Trinajstić information content (AvgIpc) is 2.05. The van der Waals surface area contributed by atoms with Crippen molar-refractivity contribution in [3.8, 4) is 0 Å². The predicted octanol–water partition coefficient (Wildman–Crippen LogP) is 1.02. The third-order valence-electron chi connectivity index (χ3n) is 2.01. The average molecular weight is 189 g/mol. The van der Waals surface area contributed by atoms with Gasteiger partial charge in [0.15, 0.2) is 0 Å². The monoisotopic (exact) mass is 189 g/mol. The van der Waals surface area contributed by atoms with E-state index in [1.165, 1.54) is 12.8 Å². The number of nitrogens with one attached hydrogen (secondary N) is 1. The molecule has 13 heavy (non-hydrogen) atoms. The van der Waals surface area contributed by atoms with Crippen LogP contribution in [0.1, 0.15) is 26.7 Å². The molecule has 0 aliphatic rings. The molecule has 0 heterocycles. The largest absolute Gasteiger partial charge is 0.389 e. The summed E-state index contributed by atoms with van der Waals surface area (Å²) in [6.07, 6.45) is 2.09.